The Hall–Kier alpha value is -2.24. The van der Waals surface area contributed by atoms with Crippen molar-refractivity contribution in [3.63, 3.8) is 0 Å². The molecule has 0 heterocycles. The largest absolute Gasteiger partial charge is 0.493 e. The van der Waals surface area contributed by atoms with E-state index in [1.165, 1.54) is 0 Å². The Balaban J connectivity index is 2.45. The van der Waals surface area contributed by atoms with E-state index in [2.05, 4.69) is 10.6 Å². The zero-order valence-electron chi connectivity index (χ0n) is 12.7. The van der Waals surface area contributed by atoms with Crippen LogP contribution < -0.4 is 20.1 Å². The van der Waals surface area contributed by atoms with Gasteiger partial charge in [-0.1, -0.05) is 13.0 Å². The van der Waals surface area contributed by atoms with Gasteiger partial charge in [0, 0.05) is 13.1 Å². The lowest BCUT2D eigenvalue weighted by atomic mass is 10.1. The molecule has 0 spiro atoms. The summed E-state index contributed by atoms with van der Waals surface area (Å²) in [5.41, 5.74) is 0.988. The van der Waals surface area contributed by atoms with E-state index >= 15 is 0 Å². The first-order valence-corrected chi connectivity index (χ1v) is 6.89. The van der Waals surface area contributed by atoms with Crippen LogP contribution in [0.15, 0.2) is 18.2 Å². The second kappa shape index (κ2) is 8.84. The van der Waals surface area contributed by atoms with Crippen molar-refractivity contribution in [2.24, 2.45) is 0 Å². The third kappa shape index (κ3) is 5.33. The zero-order valence-corrected chi connectivity index (χ0v) is 12.7. The normalized spacial score (nSPS) is 9.86. The highest BCUT2D eigenvalue weighted by atomic mass is 16.5. The Kier molecular flexibility index (Phi) is 7.08. The van der Waals surface area contributed by atoms with E-state index in [1.54, 1.807) is 14.2 Å². The number of carbonyl (C=O) groups is 2. The smallest absolute Gasteiger partial charge is 0.309 e. The van der Waals surface area contributed by atoms with Gasteiger partial charge in [-0.05, 0) is 30.5 Å². The molecule has 1 aromatic carbocycles. The molecule has 0 bridgehead atoms. The molecule has 0 saturated heterocycles. The van der Waals surface area contributed by atoms with Crippen LogP contribution in [0.4, 0.5) is 0 Å². The van der Waals surface area contributed by atoms with Gasteiger partial charge in [0.05, 0.1) is 14.2 Å². The van der Waals surface area contributed by atoms with E-state index in [0.717, 1.165) is 12.0 Å². The summed E-state index contributed by atoms with van der Waals surface area (Å²) < 4.78 is 10.4. The lowest BCUT2D eigenvalue weighted by molar-refractivity contribution is -0.139. The molecule has 2 N–H and O–H groups in total. The summed E-state index contributed by atoms with van der Waals surface area (Å²) in [4.78, 5) is 22.9. The highest BCUT2D eigenvalue weighted by Gasteiger charge is 2.11. The number of hydrogen-bond donors (Lipinski definition) is 2. The maximum absolute atomic E-state index is 11.5. The molecule has 21 heavy (non-hydrogen) atoms. The van der Waals surface area contributed by atoms with Crippen molar-refractivity contribution in [2.45, 2.75) is 19.8 Å². The molecule has 0 aliphatic carbocycles. The first kappa shape index (κ1) is 16.8. The summed E-state index contributed by atoms with van der Waals surface area (Å²) in [7, 11) is 3.15. The monoisotopic (exact) mass is 294 g/mol. The fourth-order valence-corrected chi connectivity index (χ4v) is 1.76. The molecule has 116 valence electrons. The van der Waals surface area contributed by atoms with E-state index in [4.69, 9.17) is 9.47 Å². The quantitative estimate of drug-likeness (QED) is 0.732. The van der Waals surface area contributed by atoms with Gasteiger partial charge in [-0.25, -0.2) is 0 Å². The minimum Gasteiger partial charge on any atom is -0.493 e. The maximum atomic E-state index is 11.5. The molecule has 0 radical (unpaired) electrons. The van der Waals surface area contributed by atoms with E-state index < -0.39 is 11.8 Å². The second-order valence-electron chi connectivity index (χ2n) is 4.45. The van der Waals surface area contributed by atoms with Crippen LogP contribution in [0.3, 0.4) is 0 Å². The van der Waals surface area contributed by atoms with Crippen LogP contribution in [0.2, 0.25) is 0 Å². The van der Waals surface area contributed by atoms with Gasteiger partial charge >= 0.3 is 11.8 Å². The van der Waals surface area contributed by atoms with Crippen LogP contribution >= 0.6 is 0 Å². The molecular formula is C15H22N2O4. The molecule has 1 aromatic rings. The van der Waals surface area contributed by atoms with Crippen molar-refractivity contribution >= 4 is 11.8 Å². The van der Waals surface area contributed by atoms with Crippen molar-refractivity contribution in [2.75, 3.05) is 27.3 Å². The fourth-order valence-electron chi connectivity index (χ4n) is 1.76. The maximum Gasteiger partial charge on any atom is 0.309 e. The van der Waals surface area contributed by atoms with Gasteiger partial charge in [0.25, 0.3) is 0 Å². The molecule has 0 aliphatic rings. The minimum atomic E-state index is -0.607. The fraction of sp³-hybridized carbons (Fsp3) is 0.467. The molecule has 1 rings (SSSR count). The van der Waals surface area contributed by atoms with Crippen molar-refractivity contribution in [1.82, 2.24) is 10.6 Å². The van der Waals surface area contributed by atoms with Gasteiger partial charge in [0.1, 0.15) is 0 Å². The van der Waals surface area contributed by atoms with Gasteiger partial charge in [-0.3, -0.25) is 9.59 Å². The third-order valence-corrected chi connectivity index (χ3v) is 2.89. The standard InChI is InChI=1S/C15H22N2O4/c1-4-8-16-14(18)15(19)17-9-7-11-5-6-12(20-2)13(10-11)21-3/h5-6,10H,4,7-9H2,1-3H3,(H,16,18)(H,17,19). The summed E-state index contributed by atoms with van der Waals surface area (Å²) in [6, 6.07) is 5.55. The number of hydrogen-bond acceptors (Lipinski definition) is 4. The number of rotatable bonds is 7. The Bertz CT molecular complexity index is 489. The molecule has 6 heteroatoms. The first-order valence-electron chi connectivity index (χ1n) is 6.89. The molecule has 0 atom stereocenters. The second-order valence-corrected chi connectivity index (χ2v) is 4.45. The lowest BCUT2D eigenvalue weighted by Crippen LogP contribution is -2.40. The zero-order chi connectivity index (χ0) is 15.7. The SMILES string of the molecule is CCCNC(=O)C(=O)NCCc1ccc(OC)c(OC)c1. The van der Waals surface area contributed by atoms with Crippen molar-refractivity contribution in [3.8, 4) is 11.5 Å². The number of amides is 2. The number of carbonyl (C=O) groups excluding carboxylic acids is 2. The molecule has 6 nitrogen and oxygen atoms in total. The van der Waals surface area contributed by atoms with Gasteiger partial charge in [0.15, 0.2) is 11.5 Å². The average molecular weight is 294 g/mol. The van der Waals surface area contributed by atoms with Gasteiger partial charge < -0.3 is 20.1 Å². The molecule has 0 saturated carbocycles. The molecule has 2 amide bonds. The van der Waals surface area contributed by atoms with Gasteiger partial charge in [-0.15, -0.1) is 0 Å². The van der Waals surface area contributed by atoms with Crippen LogP contribution in [0, 0.1) is 0 Å². The van der Waals surface area contributed by atoms with Crippen LogP contribution in [-0.2, 0) is 16.0 Å². The van der Waals surface area contributed by atoms with Crippen molar-refractivity contribution < 1.29 is 19.1 Å². The molecular weight excluding hydrogens is 272 g/mol. The first-order chi connectivity index (χ1) is 10.1. The van der Waals surface area contributed by atoms with E-state index in [1.807, 2.05) is 25.1 Å². The summed E-state index contributed by atoms with van der Waals surface area (Å²) >= 11 is 0. The number of ether oxygens (including phenoxy) is 2. The summed E-state index contributed by atoms with van der Waals surface area (Å²) in [6.07, 6.45) is 1.40. The predicted octanol–water partition coefficient (Wildman–Crippen LogP) is 0.889. The third-order valence-electron chi connectivity index (χ3n) is 2.89. The van der Waals surface area contributed by atoms with E-state index in [9.17, 15) is 9.59 Å². The minimum absolute atomic E-state index is 0.383. The average Bonchev–Trinajstić information content (AvgIpc) is 2.52. The predicted molar refractivity (Wildman–Crippen MR) is 79.6 cm³/mol. The van der Waals surface area contributed by atoms with E-state index in [-0.39, 0.29) is 0 Å². The van der Waals surface area contributed by atoms with Gasteiger partial charge in [-0.2, -0.15) is 0 Å². The lowest BCUT2D eigenvalue weighted by Gasteiger charge is -2.10. The Labute approximate surface area is 124 Å². The molecule has 0 aliphatic heterocycles. The summed E-state index contributed by atoms with van der Waals surface area (Å²) in [5, 5.41) is 5.11. The Morgan fingerprint density at radius 2 is 1.62 bits per heavy atom. The Morgan fingerprint density at radius 3 is 2.19 bits per heavy atom. The van der Waals surface area contributed by atoms with Crippen LogP contribution in [0.5, 0.6) is 11.5 Å². The molecule has 0 aromatic heterocycles. The van der Waals surface area contributed by atoms with E-state index in [0.29, 0.717) is 31.0 Å². The van der Waals surface area contributed by atoms with Crippen molar-refractivity contribution in [1.29, 1.82) is 0 Å². The van der Waals surface area contributed by atoms with Gasteiger partial charge in [0.2, 0.25) is 0 Å². The number of nitrogens with one attached hydrogen (secondary N) is 2. The van der Waals surface area contributed by atoms with Crippen LogP contribution in [0.25, 0.3) is 0 Å². The molecule has 0 unspecified atom stereocenters. The highest BCUT2D eigenvalue weighted by molar-refractivity contribution is 6.35. The van der Waals surface area contributed by atoms with Crippen LogP contribution in [-0.4, -0.2) is 39.1 Å². The Morgan fingerprint density at radius 1 is 1.00 bits per heavy atom. The highest BCUT2D eigenvalue weighted by Crippen LogP contribution is 2.27. The molecule has 0 fully saturated rings. The van der Waals surface area contributed by atoms with Crippen molar-refractivity contribution in [3.05, 3.63) is 23.8 Å². The summed E-state index contributed by atoms with van der Waals surface area (Å²) in [5.74, 6) is 0.0966. The summed E-state index contributed by atoms with van der Waals surface area (Å²) in [6.45, 7) is 2.81. The topological polar surface area (TPSA) is 76.7 Å². The number of methoxy groups -OCH3 is 2. The van der Waals surface area contributed by atoms with Crippen LogP contribution in [0.1, 0.15) is 18.9 Å². The number of benzene rings is 1.